The normalized spacial score (nSPS) is 22.4. The molecule has 1 aromatic rings. The Hall–Kier alpha value is -2.32. The lowest BCUT2D eigenvalue weighted by Crippen LogP contribution is -2.55. The Balaban J connectivity index is 0.00000408. The number of benzene rings is 1. The van der Waals surface area contributed by atoms with Crippen LogP contribution in [0, 0.1) is 11.3 Å². The van der Waals surface area contributed by atoms with Gasteiger partial charge in [0.25, 0.3) is 5.91 Å². The van der Waals surface area contributed by atoms with Crippen molar-refractivity contribution in [3.8, 4) is 5.75 Å². The summed E-state index contributed by atoms with van der Waals surface area (Å²) in [6.07, 6.45) is 3.54. The summed E-state index contributed by atoms with van der Waals surface area (Å²) in [7, 11) is 0. The van der Waals surface area contributed by atoms with Gasteiger partial charge in [-0.25, -0.2) is 0 Å². The van der Waals surface area contributed by atoms with E-state index >= 15 is 0 Å². The molecule has 2 heterocycles. The number of likely N-dealkylation sites (tertiary alicyclic amines) is 1. The van der Waals surface area contributed by atoms with E-state index in [2.05, 4.69) is 10.6 Å². The number of ether oxygens (including phenoxy) is 1. The number of hydrogen-bond donors (Lipinski definition) is 3. The molecule has 3 amide bonds. The van der Waals surface area contributed by atoms with Crippen LogP contribution in [0.2, 0.25) is 0 Å². The number of carbonyl (C=O) groups excluding carboxylic acids is 3. The van der Waals surface area contributed by atoms with Crippen molar-refractivity contribution in [1.82, 2.24) is 15.5 Å². The van der Waals surface area contributed by atoms with Gasteiger partial charge in [0.2, 0.25) is 11.8 Å². The maximum absolute atomic E-state index is 13.4. The predicted octanol–water partition coefficient (Wildman–Crippen LogP) is 2.50. The lowest BCUT2D eigenvalue weighted by atomic mass is 9.73. The largest absolute Gasteiger partial charge is 0.491 e. The van der Waals surface area contributed by atoms with Gasteiger partial charge in [0.1, 0.15) is 12.4 Å². The Morgan fingerprint density at radius 3 is 2.50 bits per heavy atom. The Labute approximate surface area is 208 Å². The first-order valence-corrected chi connectivity index (χ1v) is 12.1. The summed E-state index contributed by atoms with van der Waals surface area (Å²) in [6, 6.07) is 6.42. The molecule has 2 aliphatic rings. The molecular formula is C25H39ClN4O4. The molecule has 2 aliphatic heterocycles. The molecule has 1 saturated heterocycles. The van der Waals surface area contributed by atoms with Crippen molar-refractivity contribution in [2.75, 3.05) is 26.2 Å². The van der Waals surface area contributed by atoms with Crippen molar-refractivity contribution in [2.24, 2.45) is 17.1 Å². The van der Waals surface area contributed by atoms with Crippen LogP contribution in [0.25, 0.3) is 0 Å². The van der Waals surface area contributed by atoms with Gasteiger partial charge >= 0.3 is 0 Å². The third-order valence-corrected chi connectivity index (χ3v) is 6.88. The molecule has 2 atom stereocenters. The molecule has 1 fully saturated rings. The highest BCUT2D eigenvalue weighted by atomic mass is 35.5. The van der Waals surface area contributed by atoms with Crippen molar-refractivity contribution in [1.29, 1.82) is 0 Å². The molecule has 0 aliphatic carbocycles. The number of nitrogens with zero attached hydrogens (tertiary/aromatic N) is 1. The number of piperidine rings is 1. The van der Waals surface area contributed by atoms with Crippen LogP contribution in [0.4, 0.5) is 0 Å². The lowest BCUT2D eigenvalue weighted by Gasteiger charge is -2.42. The SMILES string of the molecule is CC(C)[C@@H](N)C(=O)N1CCC2(CCCCNC(=O)c3ccccc3OC[C@@H](C)NC2=O)CC1.Cl. The third-order valence-electron chi connectivity index (χ3n) is 6.88. The van der Waals surface area contributed by atoms with Gasteiger partial charge in [-0.15, -0.1) is 12.4 Å². The van der Waals surface area contributed by atoms with Gasteiger partial charge in [0, 0.05) is 19.6 Å². The molecule has 9 heteroatoms. The Morgan fingerprint density at radius 2 is 1.82 bits per heavy atom. The van der Waals surface area contributed by atoms with E-state index in [9.17, 15) is 14.4 Å². The smallest absolute Gasteiger partial charge is 0.255 e. The topological polar surface area (TPSA) is 114 Å². The molecule has 8 nitrogen and oxygen atoms in total. The highest BCUT2D eigenvalue weighted by molar-refractivity contribution is 5.96. The summed E-state index contributed by atoms with van der Waals surface area (Å²) in [4.78, 5) is 40.5. The van der Waals surface area contributed by atoms with Crippen LogP contribution in [-0.2, 0) is 9.59 Å². The number of hydrogen-bond acceptors (Lipinski definition) is 5. The number of nitrogens with two attached hydrogens (primary N) is 1. The molecule has 0 unspecified atom stereocenters. The van der Waals surface area contributed by atoms with Crippen molar-refractivity contribution < 1.29 is 19.1 Å². The highest BCUT2D eigenvalue weighted by Crippen LogP contribution is 2.37. The van der Waals surface area contributed by atoms with Crippen LogP contribution in [0.3, 0.4) is 0 Å². The fraction of sp³-hybridized carbons (Fsp3) is 0.640. The minimum Gasteiger partial charge on any atom is -0.491 e. The molecule has 34 heavy (non-hydrogen) atoms. The average molecular weight is 495 g/mol. The number of halogens is 1. The predicted molar refractivity (Wildman–Crippen MR) is 134 cm³/mol. The number of para-hydroxylation sites is 1. The maximum Gasteiger partial charge on any atom is 0.255 e. The van der Waals surface area contributed by atoms with Crippen molar-refractivity contribution in [3.63, 3.8) is 0 Å². The molecule has 4 N–H and O–H groups in total. The van der Waals surface area contributed by atoms with E-state index in [1.807, 2.05) is 32.9 Å². The summed E-state index contributed by atoms with van der Waals surface area (Å²) < 4.78 is 5.89. The summed E-state index contributed by atoms with van der Waals surface area (Å²) in [5.41, 5.74) is 6.05. The van der Waals surface area contributed by atoms with Crippen LogP contribution in [0.1, 0.15) is 63.2 Å². The third kappa shape index (κ3) is 6.63. The fourth-order valence-electron chi connectivity index (χ4n) is 4.54. The molecule has 3 rings (SSSR count). The van der Waals surface area contributed by atoms with Gasteiger partial charge in [0.05, 0.1) is 23.1 Å². The molecule has 1 spiro atoms. The second kappa shape index (κ2) is 12.4. The van der Waals surface area contributed by atoms with Crippen molar-refractivity contribution in [2.45, 2.75) is 65.0 Å². The van der Waals surface area contributed by atoms with Crippen molar-refractivity contribution >= 4 is 30.1 Å². The van der Waals surface area contributed by atoms with Crippen LogP contribution in [-0.4, -0.2) is 60.9 Å². The molecule has 0 aromatic heterocycles. The van der Waals surface area contributed by atoms with Gasteiger partial charge in [-0.05, 0) is 50.7 Å². The van der Waals surface area contributed by atoms with E-state index in [0.29, 0.717) is 43.8 Å². The van der Waals surface area contributed by atoms with E-state index in [1.165, 1.54) is 0 Å². The second-order valence-electron chi connectivity index (χ2n) is 9.77. The number of nitrogens with one attached hydrogen (secondary N) is 2. The fourth-order valence-corrected chi connectivity index (χ4v) is 4.54. The molecule has 0 radical (unpaired) electrons. The minimum absolute atomic E-state index is 0. The molecular weight excluding hydrogens is 456 g/mol. The van der Waals surface area contributed by atoms with E-state index < -0.39 is 11.5 Å². The standard InChI is InChI=1S/C25H38N4O4.ClH/c1-17(2)21(26)23(31)29-14-11-25(12-15-29)10-6-7-13-27-22(30)19-8-4-5-9-20(19)33-16-18(3)28-24(25)32;/h4-5,8-9,17-18,21H,6-7,10-16,26H2,1-3H3,(H,27,30)(H,28,32);1H/t18-,21-;/m1./s1. The zero-order chi connectivity index (χ0) is 24.0. The zero-order valence-electron chi connectivity index (χ0n) is 20.5. The van der Waals surface area contributed by atoms with Gasteiger partial charge in [0.15, 0.2) is 0 Å². The van der Waals surface area contributed by atoms with Gasteiger partial charge < -0.3 is 26.0 Å². The molecule has 190 valence electrons. The van der Waals surface area contributed by atoms with Crippen LogP contribution in [0.5, 0.6) is 5.75 Å². The van der Waals surface area contributed by atoms with Gasteiger partial charge in [-0.3, -0.25) is 14.4 Å². The summed E-state index contributed by atoms with van der Waals surface area (Å²) >= 11 is 0. The number of rotatable bonds is 2. The first-order valence-electron chi connectivity index (χ1n) is 12.1. The number of carbonyl (C=O) groups is 3. The Kier molecular flexibility index (Phi) is 10.2. The minimum atomic E-state index is -0.529. The van der Waals surface area contributed by atoms with Crippen LogP contribution < -0.4 is 21.1 Å². The van der Waals surface area contributed by atoms with E-state index in [4.69, 9.17) is 10.5 Å². The van der Waals surface area contributed by atoms with Crippen molar-refractivity contribution in [3.05, 3.63) is 29.8 Å². The Morgan fingerprint density at radius 1 is 1.15 bits per heavy atom. The van der Waals surface area contributed by atoms with Gasteiger partial charge in [-0.2, -0.15) is 0 Å². The Bertz CT molecular complexity index is 855. The van der Waals surface area contributed by atoms with E-state index in [-0.39, 0.29) is 48.7 Å². The zero-order valence-corrected chi connectivity index (χ0v) is 21.3. The monoisotopic (exact) mass is 494 g/mol. The lowest BCUT2D eigenvalue weighted by molar-refractivity contribution is -0.142. The summed E-state index contributed by atoms with van der Waals surface area (Å²) in [5, 5.41) is 6.09. The van der Waals surface area contributed by atoms with Crippen LogP contribution in [0.15, 0.2) is 24.3 Å². The number of fused-ring (bicyclic) bond motifs is 1. The van der Waals surface area contributed by atoms with Gasteiger partial charge in [-0.1, -0.05) is 32.4 Å². The second-order valence-corrected chi connectivity index (χ2v) is 9.77. The van der Waals surface area contributed by atoms with E-state index in [0.717, 1.165) is 19.3 Å². The first kappa shape index (κ1) is 27.9. The average Bonchev–Trinajstić information content (AvgIpc) is 2.81. The quantitative estimate of drug-likeness (QED) is 0.584. The molecule has 1 aromatic carbocycles. The maximum atomic E-state index is 13.4. The van der Waals surface area contributed by atoms with Crippen LogP contribution >= 0.6 is 12.4 Å². The van der Waals surface area contributed by atoms with E-state index in [1.54, 1.807) is 17.0 Å². The number of amides is 3. The molecule has 0 bridgehead atoms. The first-order chi connectivity index (χ1) is 15.7. The highest BCUT2D eigenvalue weighted by Gasteiger charge is 2.42. The summed E-state index contributed by atoms with van der Waals surface area (Å²) in [6.45, 7) is 7.65. The summed E-state index contributed by atoms with van der Waals surface area (Å²) in [5.74, 6) is 0.420. The molecule has 0 saturated carbocycles.